The number of aromatic nitrogens is 5. The van der Waals surface area contributed by atoms with E-state index in [0.717, 1.165) is 0 Å². The van der Waals surface area contributed by atoms with Crippen molar-refractivity contribution >= 4 is 38.3 Å². The fourth-order valence-electron chi connectivity index (χ4n) is 2.47. The molecular formula is C16H13ClN6O2S. The summed E-state index contributed by atoms with van der Waals surface area (Å²) >= 11 is 5.98. The summed E-state index contributed by atoms with van der Waals surface area (Å²) < 4.78 is 28.9. The van der Waals surface area contributed by atoms with Crippen LogP contribution in [0.5, 0.6) is 0 Å². The molecule has 4 rings (SSSR count). The number of aromatic amines is 1. The van der Waals surface area contributed by atoms with Gasteiger partial charge >= 0.3 is 0 Å². The van der Waals surface area contributed by atoms with Crippen LogP contribution < -0.4 is 4.72 Å². The molecule has 0 fully saturated rings. The van der Waals surface area contributed by atoms with Gasteiger partial charge in [-0.25, -0.2) is 9.97 Å². The predicted octanol–water partition coefficient (Wildman–Crippen LogP) is 2.81. The average Bonchev–Trinajstić information content (AvgIpc) is 3.19. The van der Waals surface area contributed by atoms with Crippen molar-refractivity contribution in [2.24, 2.45) is 7.05 Å². The molecule has 0 bridgehead atoms. The molecule has 0 radical (unpaired) electrons. The van der Waals surface area contributed by atoms with Crippen molar-refractivity contribution in [3.05, 3.63) is 54.1 Å². The van der Waals surface area contributed by atoms with Crippen LogP contribution >= 0.6 is 11.6 Å². The molecule has 3 aromatic heterocycles. The summed E-state index contributed by atoms with van der Waals surface area (Å²) in [4.78, 5) is 15.7. The first-order valence-electron chi connectivity index (χ1n) is 7.55. The number of halogens is 1. The molecule has 0 spiro atoms. The molecule has 10 heteroatoms. The maximum Gasteiger partial charge on any atom is 0.282 e. The van der Waals surface area contributed by atoms with Crippen molar-refractivity contribution in [3.8, 4) is 11.5 Å². The van der Waals surface area contributed by atoms with Gasteiger partial charge in [-0.3, -0.25) is 9.71 Å². The molecular weight excluding hydrogens is 376 g/mol. The molecule has 0 saturated carbocycles. The average molecular weight is 389 g/mol. The molecule has 0 aliphatic rings. The second kappa shape index (κ2) is 6.11. The summed E-state index contributed by atoms with van der Waals surface area (Å²) in [6.45, 7) is 0. The van der Waals surface area contributed by atoms with Crippen molar-refractivity contribution in [3.63, 3.8) is 0 Å². The highest BCUT2D eigenvalue weighted by Crippen LogP contribution is 2.25. The molecule has 2 N–H and O–H groups in total. The highest BCUT2D eigenvalue weighted by Gasteiger charge is 2.22. The van der Waals surface area contributed by atoms with Crippen LogP contribution in [-0.2, 0) is 17.1 Å². The fraction of sp³-hybridized carbons (Fsp3) is 0.0625. The number of sulfonamides is 1. The maximum atomic E-state index is 12.5. The maximum absolute atomic E-state index is 12.5. The van der Waals surface area contributed by atoms with Gasteiger partial charge in [0, 0.05) is 13.2 Å². The first kappa shape index (κ1) is 16.6. The highest BCUT2D eigenvalue weighted by molar-refractivity contribution is 7.92. The number of nitrogens with zero attached hydrogens (tertiary/aromatic N) is 4. The number of rotatable bonds is 4. The predicted molar refractivity (Wildman–Crippen MR) is 98.4 cm³/mol. The van der Waals surface area contributed by atoms with Gasteiger partial charge in [-0.2, -0.15) is 8.42 Å². The van der Waals surface area contributed by atoms with Crippen LogP contribution in [0.25, 0.3) is 22.6 Å². The van der Waals surface area contributed by atoms with E-state index in [0.29, 0.717) is 28.2 Å². The number of anilines is 1. The number of nitrogens with one attached hydrogen (secondary N) is 2. The monoisotopic (exact) mass is 388 g/mol. The van der Waals surface area contributed by atoms with Crippen molar-refractivity contribution in [2.75, 3.05) is 4.72 Å². The molecule has 0 unspecified atom stereocenters. The van der Waals surface area contributed by atoms with E-state index in [2.05, 4.69) is 24.7 Å². The van der Waals surface area contributed by atoms with Gasteiger partial charge in [0.25, 0.3) is 10.0 Å². The van der Waals surface area contributed by atoms with Crippen LogP contribution in [0.2, 0.25) is 5.15 Å². The summed E-state index contributed by atoms with van der Waals surface area (Å²) in [5.74, 6) is 0.605. The van der Waals surface area contributed by atoms with Crippen LogP contribution in [-0.4, -0.2) is 32.9 Å². The second-order valence-electron chi connectivity index (χ2n) is 5.59. The number of imidazole rings is 2. The number of H-pyrrole nitrogens is 1. The Hall–Kier alpha value is -2.91. The standard InChI is InChI=1S/C16H13ClN6O2S/c1-23-9-19-16(14(23)17)26(24,25)22-10-5-6-11-13(8-10)21-15(20-11)12-4-2-3-7-18-12/h2-9,22H,1H3,(H,20,21). The quantitative estimate of drug-likeness (QED) is 0.559. The highest BCUT2D eigenvalue weighted by atomic mass is 35.5. The fourth-order valence-corrected chi connectivity index (χ4v) is 3.96. The number of hydrogen-bond acceptors (Lipinski definition) is 5. The third-order valence-electron chi connectivity index (χ3n) is 3.73. The lowest BCUT2D eigenvalue weighted by molar-refractivity contribution is 0.598. The molecule has 0 amide bonds. The van der Waals surface area contributed by atoms with E-state index in [1.165, 1.54) is 10.9 Å². The zero-order valence-electron chi connectivity index (χ0n) is 13.5. The lowest BCUT2D eigenvalue weighted by Crippen LogP contribution is -2.14. The lowest BCUT2D eigenvalue weighted by Gasteiger charge is -2.06. The van der Waals surface area contributed by atoms with Gasteiger partial charge in [-0.15, -0.1) is 0 Å². The Morgan fingerprint density at radius 1 is 1.19 bits per heavy atom. The van der Waals surface area contributed by atoms with Gasteiger partial charge in [-0.05, 0) is 30.3 Å². The second-order valence-corrected chi connectivity index (χ2v) is 7.54. The smallest absolute Gasteiger partial charge is 0.282 e. The summed E-state index contributed by atoms with van der Waals surface area (Å²) in [5, 5.41) is -0.182. The Kier molecular flexibility index (Phi) is 3.89. The van der Waals surface area contributed by atoms with Crippen LogP contribution in [0.15, 0.2) is 53.9 Å². The molecule has 4 aromatic rings. The molecule has 3 heterocycles. The summed E-state index contributed by atoms with van der Waals surface area (Å²) in [6.07, 6.45) is 3.02. The van der Waals surface area contributed by atoms with Gasteiger partial charge in [0.05, 0.1) is 23.0 Å². The number of benzene rings is 1. The lowest BCUT2D eigenvalue weighted by atomic mass is 10.3. The summed E-state index contributed by atoms with van der Waals surface area (Å²) in [5.41, 5.74) is 2.45. The molecule has 132 valence electrons. The van der Waals surface area contributed by atoms with Crippen LogP contribution in [0.1, 0.15) is 0 Å². The zero-order valence-corrected chi connectivity index (χ0v) is 15.1. The normalized spacial score (nSPS) is 11.8. The Morgan fingerprint density at radius 3 is 2.73 bits per heavy atom. The number of aryl methyl sites for hydroxylation is 1. The van der Waals surface area contributed by atoms with Crippen molar-refractivity contribution in [1.82, 2.24) is 24.5 Å². The molecule has 8 nitrogen and oxygen atoms in total. The Balaban J connectivity index is 1.68. The van der Waals surface area contributed by atoms with Crippen LogP contribution in [0, 0.1) is 0 Å². The molecule has 0 saturated heterocycles. The first-order valence-corrected chi connectivity index (χ1v) is 9.41. The minimum atomic E-state index is -3.90. The molecule has 0 aliphatic carbocycles. The van der Waals surface area contributed by atoms with Gasteiger partial charge in [0.1, 0.15) is 10.8 Å². The van der Waals surface area contributed by atoms with Crippen molar-refractivity contribution < 1.29 is 8.42 Å². The largest absolute Gasteiger partial charge is 0.337 e. The zero-order chi connectivity index (χ0) is 18.3. The minimum absolute atomic E-state index is 0.0394. The number of fused-ring (bicyclic) bond motifs is 1. The van der Waals surface area contributed by atoms with Crippen molar-refractivity contribution in [1.29, 1.82) is 0 Å². The van der Waals surface area contributed by atoms with Crippen LogP contribution in [0.4, 0.5) is 5.69 Å². The van der Waals surface area contributed by atoms with Crippen LogP contribution in [0.3, 0.4) is 0 Å². The van der Waals surface area contributed by atoms with E-state index in [4.69, 9.17) is 11.6 Å². The summed E-state index contributed by atoms with van der Waals surface area (Å²) in [7, 11) is -2.28. The van der Waals surface area contributed by atoms with E-state index in [9.17, 15) is 8.42 Å². The molecule has 26 heavy (non-hydrogen) atoms. The minimum Gasteiger partial charge on any atom is -0.337 e. The third kappa shape index (κ3) is 2.91. The number of pyridine rings is 1. The molecule has 1 aromatic carbocycles. The summed E-state index contributed by atoms with van der Waals surface area (Å²) in [6, 6.07) is 10.5. The Bertz CT molecular complexity index is 1200. The SMILES string of the molecule is Cn1cnc(S(=O)(=O)Nc2ccc3nc(-c4ccccn4)[nH]c3c2)c1Cl. The van der Waals surface area contributed by atoms with Gasteiger partial charge in [-0.1, -0.05) is 17.7 Å². The molecule has 0 atom stereocenters. The topological polar surface area (TPSA) is 106 Å². The molecule has 0 aliphatic heterocycles. The third-order valence-corrected chi connectivity index (χ3v) is 5.60. The Labute approximate surface area is 153 Å². The van der Waals surface area contributed by atoms with Crippen molar-refractivity contribution in [2.45, 2.75) is 5.03 Å². The van der Waals surface area contributed by atoms with E-state index in [1.54, 1.807) is 31.4 Å². The van der Waals surface area contributed by atoms with Gasteiger partial charge in [0.2, 0.25) is 5.03 Å². The van der Waals surface area contributed by atoms with E-state index in [-0.39, 0.29) is 10.2 Å². The van der Waals surface area contributed by atoms with E-state index < -0.39 is 10.0 Å². The van der Waals surface area contributed by atoms with Gasteiger partial charge < -0.3 is 9.55 Å². The van der Waals surface area contributed by atoms with E-state index >= 15 is 0 Å². The number of hydrogen-bond donors (Lipinski definition) is 2. The first-order chi connectivity index (χ1) is 12.4. The van der Waals surface area contributed by atoms with Gasteiger partial charge in [0.15, 0.2) is 5.82 Å². The Morgan fingerprint density at radius 2 is 2.04 bits per heavy atom. The van der Waals surface area contributed by atoms with E-state index in [1.807, 2.05) is 18.2 Å².